The lowest BCUT2D eigenvalue weighted by atomic mass is 10.2. The van der Waals surface area contributed by atoms with E-state index in [-0.39, 0.29) is 4.99 Å². The summed E-state index contributed by atoms with van der Waals surface area (Å²) >= 11 is 8.07. The fraction of sp³-hybridized carbons (Fsp3) is 0. The monoisotopic (exact) mass is 360 g/mol. The highest BCUT2D eigenvalue weighted by atomic mass is 79.9. The average molecular weight is 361 g/mol. The molecule has 0 aromatic heterocycles. The van der Waals surface area contributed by atoms with Crippen molar-refractivity contribution in [2.75, 3.05) is 5.32 Å². The molecule has 0 saturated heterocycles. The van der Waals surface area contributed by atoms with E-state index in [0.717, 1.165) is 0 Å². The Hall–Kier alpha value is -1.60. The van der Waals surface area contributed by atoms with Gasteiger partial charge < -0.3 is 11.1 Å². The number of halogens is 4. The van der Waals surface area contributed by atoms with Crippen LogP contribution in [-0.2, 0) is 0 Å². The van der Waals surface area contributed by atoms with Crippen LogP contribution in [0.5, 0.6) is 0 Å². The Morgan fingerprint density at radius 3 is 2.20 bits per heavy atom. The van der Waals surface area contributed by atoms with Crippen LogP contribution >= 0.6 is 28.1 Å². The smallest absolute Gasteiger partial charge is 0.152 e. The zero-order valence-corrected chi connectivity index (χ0v) is 12.3. The van der Waals surface area contributed by atoms with Gasteiger partial charge in [-0.15, -0.1) is 0 Å². The van der Waals surface area contributed by atoms with Crippen LogP contribution in [0, 0.1) is 17.5 Å². The Morgan fingerprint density at radius 2 is 1.70 bits per heavy atom. The first kappa shape index (κ1) is 14.8. The molecule has 2 aromatic rings. The molecule has 2 rings (SSSR count). The van der Waals surface area contributed by atoms with E-state index in [9.17, 15) is 13.2 Å². The highest BCUT2D eigenvalue weighted by Gasteiger charge is 2.13. The molecule has 2 aromatic carbocycles. The maximum absolute atomic E-state index is 13.5. The third-order valence-corrected chi connectivity index (χ3v) is 3.41. The molecule has 0 fully saturated rings. The fourth-order valence-corrected chi connectivity index (χ4v) is 2.17. The quantitative estimate of drug-likeness (QED) is 0.803. The SMILES string of the molecule is NC(=S)c1ccc(Nc2c(F)cc(F)cc2F)c(Br)c1. The minimum atomic E-state index is -1.02. The molecule has 0 saturated carbocycles. The summed E-state index contributed by atoms with van der Waals surface area (Å²) in [6.45, 7) is 0. The highest BCUT2D eigenvalue weighted by molar-refractivity contribution is 9.10. The Kier molecular flexibility index (Phi) is 4.29. The summed E-state index contributed by atoms with van der Waals surface area (Å²) in [4.78, 5) is 0.205. The van der Waals surface area contributed by atoms with Gasteiger partial charge in [0.1, 0.15) is 16.5 Å². The lowest BCUT2D eigenvalue weighted by molar-refractivity contribution is 0.549. The molecule has 0 unspecified atom stereocenters. The molecule has 0 aliphatic rings. The number of thiocarbonyl (C=S) groups is 1. The van der Waals surface area contributed by atoms with Crippen LogP contribution in [0.4, 0.5) is 24.5 Å². The molecule has 20 heavy (non-hydrogen) atoms. The number of anilines is 2. The fourth-order valence-electron chi connectivity index (χ4n) is 1.57. The molecule has 3 N–H and O–H groups in total. The molecule has 0 heterocycles. The molecule has 0 radical (unpaired) electrons. The lowest BCUT2D eigenvalue weighted by Gasteiger charge is -2.11. The average Bonchev–Trinajstić information content (AvgIpc) is 2.34. The van der Waals surface area contributed by atoms with Gasteiger partial charge in [-0.05, 0) is 34.1 Å². The summed E-state index contributed by atoms with van der Waals surface area (Å²) in [5, 5.41) is 2.55. The van der Waals surface area contributed by atoms with E-state index in [1.165, 1.54) is 0 Å². The van der Waals surface area contributed by atoms with Gasteiger partial charge in [-0.1, -0.05) is 12.2 Å². The summed E-state index contributed by atoms with van der Waals surface area (Å²) in [5.41, 5.74) is 6.05. The van der Waals surface area contributed by atoms with Crippen LogP contribution in [0.15, 0.2) is 34.8 Å². The molecule has 0 atom stereocenters. The van der Waals surface area contributed by atoms with Gasteiger partial charge in [0.05, 0.1) is 5.69 Å². The van der Waals surface area contributed by atoms with Gasteiger partial charge in [-0.25, -0.2) is 13.2 Å². The van der Waals surface area contributed by atoms with E-state index in [2.05, 4.69) is 21.2 Å². The van der Waals surface area contributed by atoms with E-state index >= 15 is 0 Å². The standard InChI is InChI=1S/C13H8BrF3N2S/c14-8-3-6(13(18)20)1-2-11(8)19-12-9(16)4-7(15)5-10(12)17/h1-5,19H,(H2,18,20). The molecular formula is C13H8BrF3N2S. The van der Waals surface area contributed by atoms with Gasteiger partial charge in [0, 0.05) is 22.2 Å². The zero-order valence-electron chi connectivity index (χ0n) is 9.88. The maximum Gasteiger partial charge on any atom is 0.152 e. The molecule has 0 bridgehead atoms. The zero-order chi connectivity index (χ0) is 14.9. The van der Waals surface area contributed by atoms with Crippen molar-refractivity contribution in [2.45, 2.75) is 0 Å². The molecule has 0 aliphatic carbocycles. The number of nitrogens with two attached hydrogens (primary N) is 1. The van der Waals surface area contributed by atoms with Crippen molar-refractivity contribution < 1.29 is 13.2 Å². The van der Waals surface area contributed by atoms with E-state index < -0.39 is 23.1 Å². The minimum absolute atomic E-state index is 0.205. The van der Waals surface area contributed by atoms with Crippen molar-refractivity contribution >= 4 is 44.5 Å². The van der Waals surface area contributed by atoms with Crippen molar-refractivity contribution in [1.82, 2.24) is 0 Å². The van der Waals surface area contributed by atoms with Crippen molar-refractivity contribution in [3.63, 3.8) is 0 Å². The number of hydrogen-bond acceptors (Lipinski definition) is 2. The molecule has 104 valence electrons. The largest absolute Gasteiger partial charge is 0.389 e. The van der Waals surface area contributed by atoms with Crippen LogP contribution in [-0.4, -0.2) is 4.99 Å². The second kappa shape index (κ2) is 5.80. The van der Waals surface area contributed by atoms with E-state index in [4.69, 9.17) is 18.0 Å². The molecule has 0 amide bonds. The van der Waals surface area contributed by atoms with E-state index in [1.54, 1.807) is 18.2 Å². The second-order valence-corrected chi connectivity index (χ2v) is 5.22. The summed E-state index contributed by atoms with van der Waals surface area (Å²) in [5.74, 6) is -3.02. The van der Waals surface area contributed by atoms with Crippen molar-refractivity contribution in [2.24, 2.45) is 5.73 Å². The summed E-state index contributed by atoms with van der Waals surface area (Å²) < 4.78 is 40.4. The Bertz CT molecular complexity index is 668. The molecule has 2 nitrogen and oxygen atoms in total. The number of nitrogens with one attached hydrogen (secondary N) is 1. The van der Waals surface area contributed by atoms with E-state index in [0.29, 0.717) is 27.9 Å². The van der Waals surface area contributed by atoms with Gasteiger partial charge >= 0.3 is 0 Å². The Morgan fingerprint density at radius 1 is 1.10 bits per heavy atom. The summed E-state index contributed by atoms with van der Waals surface area (Å²) in [6.07, 6.45) is 0. The van der Waals surface area contributed by atoms with Gasteiger partial charge in [0.2, 0.25) is 0 Å². The summed E-state index contributed by atoms with van der Waals surface area (Å²) in [6, 6.07) is 5.98. The van der Waals surface area contributed by atoms with Gasteiger partial charge in [-0.3, -0.25) is 0 Å². The van der Waals surface area contributed by atoms with Crippen molar-refractivity contribution in [3.05, 3.63) is 57.8 Å². The predicted octanol–water partition coefficient (Wildman–Crippen LogP) is 4.24. The Labute approximate surface area is 126 Å². The number of rotatable bonds is 3. The van der Waals surface area contributed by atoms with E-state index in [1.807, 2.05) is 0 Å². The normalized spacial score (nSPS) is 10.4. The van der Waals surface area contributed by atoms with Crippen LogP contribution in [0.3, 0.4) is 0 Å². The highest BCUT2D eigenvalue weighted by Crippen LogP contribution is 2.30. The lowest BCUT2D eigenvalue weighted by Crippen LogP contribution is -2.09. The predicted molar refractivity (Wildman–Crippen MR) is 79.6 cm³/mol. The first-order valence-electron chi connectivity index (χ1n) is 5.39. The first-order valence-corrected chi connectivity index (χ1v) is 6.59. The Balaban J connectivity index is 2.38. The maximum atomic E-state index is 13.5. The number of benzene rings is 2. The number of hydrogen-bond donors (Lipinski definition) is 2. The second-order valence-electron chi connectivity index (χ2n) is 3.93. The van der Waals surface area contributed by atoms with Gasteiger partial charge in [0.15, 0.2) is 11.6 Å². The molecular weight excluding hydrogens is 353 g/mol. The topological polar surface area (TPSA) is 38.0 Å². The van der Waals surface area contributed by atoms with Crippen LogP contribution in [0.1, 0.15) is 5.56 Å². The minimum Gasteiger partial charge on any atom is -0.389 e. The molecule has 7 heteroatoms. The summed E-state index contributed by atoms with van der Waals surface area (Å²) in [7, 11) is 0. The molecule has 0 spiro atoms. The molecule has 0 aliphatic heterocycles. The van der Waals surface area contributed by atoms with Crippen LogP contribution < -0.4 is 11.1 Å². The van der Waals surface area contributed by atoms with Crippen LogP contribution in [0.2, 0.25) is 0 Å². The van der Waals surface area contributed by atoms with Crippen LogP contribution in [0.25, 0.3) is 0 Å². The van der Waals surface area contributed by atoms with Crippen molar-refractivity contribution in [1.29, 1.82) is 0 Å². The third kappa shape index (κ3) is 3.10. The van der Waals surface area contributed by atoms with Crippen molar-refractivity contribution in [3.8, 4) is 0 Å². The van der Waals surface area contributed by atoms with Gasteiger partial charge in [-0.2, -0.15) is 0 Å². The first-order chi connectivity index (χ1) is 9.38. The third-order valence-electron chi connectivity index (χ3n) is 2.52. The van der Waals surface area contributed by atoms with Gasteiger partial charge in [0.25, 0.3) is 0 Å².